The number of nitrogens with one attached hydrogen (secondary N) is 1. The summed E-state index contributed by atoms with van der Waals surface area (Å²) in [4.78, 5) is 31.6. The molecule has 1 aromatic carbocycles. The number of benzene rings is 1. The van der Waals surface area contributed by atoms with E-state index in [0.29, 0.717) is 36.4 Å². The van der Waals surface area contributed by atoms with Crippen LogP contribution in [-0.4, -0.2) is 64.7 Å². The molecule has 0 bridgehead atoms. The lowest BCUT2D eigenvalue weighted by molar-refractivity contribution is -0.0502. The number of methoxy groups -OCH3 is 1. The van der Waals surface area contributed by atoms with Gasteiger partial charge in [-0.3, -0.25) is 9.20 Å². The summed E-state index contributed by atoms with van der Waals surface area (Å²) in [6, 6.07) is 6.85. The summed E-state index contributed by atoms with van der Waals surface area (Å²) in [6.45, 7) is 3.38. The average molecular weight is 555 g/mol. The molecule has 5 rings (SSSR count). The number of pyridine rings is 1. The molecular formula is C29H32F2N4O5. The summed E-state index contributed by atoms with van der Waals surface area (Å²) < 4.78 is 44.2. The van der Waals surface area contributed by atoms with Crippen LogP contribution in [0.15, 0.2) is 42.7 Å². The number of hydrogen-bond acceptors (Lipinski definition) is 6. The zero-order chi connectivity index (χ0) is 28.6. The quantitative estimate of drug-likeness (QED) is 0.413. The van der Waals surface area contributed by atoms with E-state index < -0.39 is 18.1 Å². The van der Waals surface area contributed by atoms with Crippen molar-refractivity contribution in [1.29, 1.82) is 0 Å². The van der Waals surface area contributed by atoms with Crippen molar-refractivity contribution < 1.29 is 32.6 Å². The molecule has 1 N–H and O–H groups in total. The number of nitrogens with zero attached hydrogens (tertiary/aromatic N) is 3. The molecular weight excluding hydrogens is 522 g/mol. The molecule has 2 amide bonds. The minimum atomic E-state index is -3.12. The number of amides is 2. The number of fused-ring (bicyclic) bond motifs is 1. The Labute approximate surface area is 230 Å². The van der Waals surface area contributed by atoms with Gasteiger partial charge in [-0.2, -0.15) is 8.78 Å². The van der Waals surface area contributed by atoms with Crippen molar-refractivity contribution >= 4 is 23.2 Å². The third-order valence-electron chi connectivity index (χ3n) is 6.62. The van der Waals surface area contributed by atoms with Gasteiger partial charge >= 0.3 is 12.7 Å². The van der Waals surface area contributed by atoms with E-state index in [4.69, 9.17) is 14.2 Å². The average Bonchev–Trinajstić information content (AvgIpc) is 3.61. The van der Waals surface area contributed by atoms with Gasteiger partial charge < -0.3 is 24.4 Å². The van der Waals surface area contributed by atoms with Crippen LogP contribution in [0.25, 0.3) is 22.5 Å². The van der Waals surface area contributed by atoms with E-state index in [1.165, 1.54) is 13.2 Å². The van der Waals surface area contributed by atoms with Crippen molar-refractivity contribution in [3.8, 4) is 22.8 Å². The second-order valence-corrected chi connectivity index (χ2v) is 10.9. The molecule has 2 aliphatic rings. The van der Waals surface area contributed by atoms with Crippen LogP contribution in [0.1, 0.15) is 56.0 Å². The van der Waals surface area contributed by atoms with Gasteiger partial charge in [-0.15, -0.1) is 0 Å². The summed E-state index contributed by atoms with van der Waals surface area (Å²) in [7, 11) is 1.37. The molecule has 9 nitrogen and oxygen atoms in total. The van der Waals surface area contributed by atoms with E-state index in [9.17, 15) is 18.4 Å². The summed E-state index contributed by atoms with van der Waals surface area (Å²) in [6.07, 6.45) is 7.58. The smallest absolute Gasteiger partial charge is 0.410 e. The van der Waals surface area contributed by atoms with Crippen LogP contribution in [-0.2, 0) is 4.74 Å². The number of carbonyl (C=O) groups is 2. The molecule has 3 heterocycles. The highest BCUT2D eigenvalue weighted by Gasteiger charge is 2.29. The van der Waals surface area contributed by atoms with Crippen molar-refractivity contribution in [2.75, 3.05) is 20.2 Å². The molecule has 3 aromatic rings. The SMILES string of the molecule is COc1cc(-c2cnc3cc(C4=CCCN(C(=O)OC(C)(C)C)C4)ccn23)cc(OC(F)F)c1C(=O)NC1CC1. The molecule has 0 saturated heterocycles. The second-order valence-electron chi connectivity index (χ2n) is 10.9. The van der Waals surface area contributed by atoms with E-state index in [0.717, 1.165) is 24.0 Å². The molecule has 1 aliphatic heterocycles. The summed E-state index contributed by atoms with van der Waals surface area (Å²) in [5, 5.41) is 2.80. The van der Waals surface area contributed by atoms with Gasteiger partial charge in [0.1, 0.15) is 28.3 Å². The fourth-order valence-electron chi connectivity index (χ4n) is 4.63. The Hall–Kier alpha value is -4.15. The van der Waals surface area contributed by atoms with Crippen molar-refractivity contribution in [3.05, 3.63) is 53.9 Å². The highest BCUT2D eigenvalue weighted by atomic mass is 19.3. The number of ether oxygens (including phenoxy) is 3. The molecule has 0 atom stereocenters. The monoisotopic (exact) mass is 554 g/mol. The maximum Gasteiger partial charge on any atom is 0.410 e. The highest BCUT2D eigenvalue weighted by molar-refractivity contribution is 6.01. The predicted molar refractivity (Wildman–Crippen MR) is 145 cm³/mol. The van der Waals surface area contributed by atoms with E-state index in [2.05, 4.69) is 16.4 Å². The van der Waals surface area contributed by atoms with Gasteiger partial charge in [0.15, 0.2) is 0 Å². The van der Waals surface area contributed by atoms with Gasteiger partial charge in [-0.1, -0.05) is 6.08 Å². The number of hydrogen-bond donors (Lipinski definition) is 1. The Kier molecular flexibility index (Phi) is 7.39. The Bertz CT molecular complexity index is 1470. The maximum absolute atomic E-state index is 13.3. The van der Waals surface area contributed by atoms with Crippen LogP contribution in [0.4, 0.5) is 13.6 Å². The fourth-order valence-corrected chi connectivity index (χ4v) is 4.63. The largest absolute Gasteiger partial charge is 0.496 e. The molecule has 11 heteroatoms. The van der Waals surface area contributed by atoms with Crippen LogP contribution in [0.2, 0.25) is 0 Å². The number of carbonyl (C=O) groups excluding carboxylic acids is 2. The summed E-state index contributed by atoms with van der Waals surface area (Å²) in [5.41, 5.74) is 2.94. The Morgan fingerprint density at radius 1 is 1.12 bits per heavy atom. The van der Waals surface area contributed by atoms with Crippen LogP contribution in [0.5, 0.6) is 11.5 Å². The third kappa shape index (κ3) is 6.03. The normalized spacial score (nSPS) is 15.7. The second kappa shape index (κ2) is 10.8. The summed E-state index contributed by atoms with van der Waals surface area (Å²) >= 11 is 0. The number of rotatable bonds is 7. The predicted octanol–water partition coefficient (Wildman–Crippen LogP) is 5.53. The zero-order valence-electron chi connectivity index (χ0n) is 22.9. The third-order valence-corrected chi connectivity index (χ3v) is 6.62. The molecule has 1 saturated carbocycles. The number of halogens is 2. The lowest BCUT2D eigenvalue weighted by Gasteiger charge is -2.30. The van der Waals surface area contributed by atoms with Crippen molar-refractivity contribution in [2.24, 2.45) is 0 Å². The molecule has 40 heavy (non-hydrogen) atoms. The number of imidazole rings is 1. The molecule has 0 radical (unpaired) electrons. The van der Waals surface area contributed by atoms with Crippen molar-refractivity contribution in [1.82, 2.24) is 19.6 Å². The topological polar surface area (TPSA) is 94.4 Å². The van der Waals surface area contributed by atoms with Gasteiger partial charge in [-0.05, 0) is 75.4 Å². The molecule has 1 fully saturated rings. The minimum absolute atomic E-state index is 0.0275. The highest BCUT2D eigenvalue weighted by Crippen LogP contribution is 2.37. The molecule has 212 valence electrons. The first-order valence-corrected chi connectivity index (χ1v) is 13.1. The number of aromatic nitrogens is 2. The first-order valence-electron chi connectivity index (χ1n) is 13.1. The van der Waals surface area contributed by atoms with Crippen molar-refractivity contribution in [2.45, 2.75) is 58.3 Å². The lowest BCUT2D eigenvalue weighted by Crippen LogP contribution is -2.39. The van der Waals surface area contributed by atoms with Gasteiger partial charge in [0, 0.05) is 30.9 Å². The Morgan fingerprint density at radius 2 is 1.88 bits per heavy atom. The minimum Gasteiger partial charge on any atom is -0.496 e. The van der Waals surface area contributed by atoms with E-state index >= 15 is 0 Å². The van der Waals surface area contributed by atoms with Crippen LogP contribution >= 0.6 is 0 Å². The van der Waals surface area contributed by atoms with E-state index in [1.54, 1.807) is 17.2 Å². The van der Waals surface area contributed by atoms with Crippen LogP contribution in [0, 0.1) is 0 Å². The van der Waals surface area contributed by atoms with Gasteiger partial charge in [0.05, 0.1) is 19.0 Å². The van der Waals surface area contributed by atoms with E-state index in [-0.39, 0.29) is 29.2 Å². The van der Waals surface area contributed by atoms with Crippen LogP contribution in [0.3, 0.4) is 0 Å². The first kappa shape index (κ1) is 27.4. The zero-order valence-corrected chi connectivity index (χ0v) is 22.9. The van der Waals surface area contributed by atoms with Crippen molar-refractivity contribution in [3.63, 3.8) is 0 Å². The molecule has 2 aromatic heterocycles. The van der Waals surface area contributed by atoms with Gasteiger partial charge in [-0.25, -0.2) is 9.78 Å². The number of alkyl halides is 2. The molecule has 0 spiro atoms. The lowest BCUT2D eigenvalue weighted by atomic mass is 10.0. The summed E-state index contributed by atoms with van der Waals surface area (Å²) in [5.74, 6) is -0.679. The van der Waals surface area contributed by atoms with E-state index in [1.807, 2.05) is 43.5 Å². The Balaban J connectivity index is 1.45. The fraction of sp³-hybridized carbons (Fsp3) is 0.414. The van der Waals surface area contributed by atoms with Gasteiger partial charge in [0.25, 0.3) is 5.91 Å². The maximum atomic E-state index is 13.3. The van der Waals surface area contributed by atoms with Crippen LogP contribution < -0.4 is 14.8 Å². The first-order chi connectivity index (χ1) is 19.0. The standard InChI is InChI=1S/C29H32F2N4O5/c1-29(2,3)40-28(37)34-10-5-6-18(16-34)17-9-11-35-21(15-32-24(35)14-17)19-12-22(38-4)25(23(13-19)39-27(30)31)26(36)33-20-7-8-20/h6,9,11-15,20,27H,5,7-8,10,16H2,1-4H3,(H,33,36). The van der Waals surface area contributed by atoms with Gasteiger partial charge in [0.2, 0.25) is 0 Å². The Morgan fingerprint density at radius 3 is 2.55 bits per heavy atom. The molecule has 1 aliphatic carbocycles. The molecule has 0 unspecified atom stereocenters.